The Morgan fingerprint density at radius 1 is 1.14 bits per heavy atom. The lowest BCUT2D eigenvalue weighted by Gasteiger charge is -2.08. The van der Waals surface area contributed by atoms with Crippen molar-refractivity contribution < 1.29 is 4.74 Å². The van der Waals surface area contributed by atoms with Crippen molar-refractivity contribution in [1.29, 1.82) is 0 Å². The monoisotopic (exact) mass is 341 g/mol. The molecule has 2 nitrogen and oxygen atoms in total. The van der Waals surface area contributed by atoms with Gasteiger partial charge in [-0.2, -0.15) is 0 Å². The quantitative estimate of drug-likeness (QED) is 0.725. The molecule has 0 amide bonds. The van der Waals surface area contributed by atoms with Gasteiger partial charge >= 0.3 is 0 Å². The highest BCUT2D eigenvalue weighted by molar-refractivity contribution is 7.99. The Bertz CT molecular complexity index is 592. The molecule has 112 valence electrons. The van der Waals surface area contributed by atoms with E-state index in [9.17, 15) is 0 Å². The van der Waals surface area contributed by atoms with Gasteiger partial charge in [0.05, 0.1) is 11.6 Å². The lowest BCUT2D eigenvalue weighted by atomic mass is 10.2. The molecule has 21 heavy (non-hydrogen) atoms. The van der Waals surface area contributed by atoms with Crippen molar-refractivity contribution in [3.63, 3.8) is 0 Å². The second kappa shape index (κ2) is 8.66. The van der Waals surface area contributed by atoms with Crippen LogP contribution in [0.3, 0.4) is 0 Å². The van der Waals surface area contributed by atoms with Gasteiger partial charge in [-0.1, -0.05) is 47.1 Å². The Morgan fingerprint density at radius 2 is 2.00 bits per heavy atom. The largest absolute Gasteiger partial charge is 0.383 e. The van der Waals surface area contributed by atoms with Crippen LogP contribution in [0.5, 0.6) is 0 Å². The average Bonchev–Trinajstić information content (AvgIpc) is 2.46. The number of hydrogen-bond donors (Lipinski definition) is 1. The van der Waals surface area contributed by atoms with Crippen LogP contribution in [-0.4, -0.2) is 20.3 Å². The molecule has 5 heteroatoms. The van der Waals surface area contributed by atoms with Crippen LogP contribution in [0.4, 0.5) is 0 Å². The van der Waals surface area contributed by atoms with E-state index < -0.39 is 0 Å². The summed E-state index contributed by atoms with van der Waals surface area (Å²) in [6.45, 7) is 2.31. The third-order valence-corrected chi connectivity index (χ3v) is 4.56. The van der Waals surface area contributed by atoms with Crippen molar-refractivity contribution in [2.75, 3.05) is 20.3 Å². The van der Waals surface area contributed by atoms with E-state index in [1.165, 1.54) is 0 Å². The van der Waals surface area contributed by atoms with Gasteiger partial charge < -0.3 is 10.1 Å². The minimum Gasteiger partial charge on any atom is -0.383 e. The van der Waals surface area contributed by atoms with E-state index in [1.807, 2.05) is 36.4 Å². The van der Waals surface area contributed by atoms with E-state index in [1.54, 1.807) is 18.9 Å². The predicted octanol–water partition coefficient (Wildman–Crippen LogP) is 4.88. The summed E-state index contributed by atoms with van der Waals surface area (Å²) in [6.07, 6.45) is 0. The predicted molar refractivity (Wildman–Crippen MR) is 90.6 cm³/mol. The van der Waals surface area contributed by atoms with Crippen LogP contribution in [0.2, 0.25) is 10.0 Å². The SMILES string of the molecule is COCCNCc1ccc(Sc2cccc(Cl)c2)c(Cl)c1. The molecule has 0 spiro atoms. The molecule has 0 fully saturated rings. The molecule has 1 N–H and O–H groups in total. The Balaban J connectivity index is 1.98. The van der Waals surface area contributed by atoms with Gasteiger partial charge in [0.2, 0.25) is 0 Å². The van der Waals surface area contributed by atoms with E-state index in [4.69, 9.17) is 27.9 Å². The smallest absolute Gasteiger partial charge is 0.0587 e. The molecule has 2 rings (SSSR count). The van der Waals surface area contributed by atoms with Crippen molar-refractivity contribution in [3.8, 4) is 0 Å². The number of nitrogens with one attached hydrogen (secondary N) is 1. The van der Waals surface area contributed by atoms with Gasteiger partial charge in [0, 0.05) is 35.0 Å². The number of rotatable bonds is 7. The van der Waals surface area contributed by atoms with Crippen LogP contribution in [0.15, 0.2) is 52.3 Å². The molecule has 0 aliphatic carbocycles. The van der Waals surface area contributed by atoms with E-state index in [-0.39, 0.29) is 0 Å². The molecule has 0 heterocycles. The van der Waals surface area contributed by atoms with Crippen LogP contribution < -0.4 is 5.32 Å². The zero-order valence-corrected chi connectivity index (χ0v) is 14.1. The Labute approximate surface area is 139 Å². The first-order chi connectivity index (χ1) is 10.2. The van der Waals surface area contributed by atoms with Gasteiger partial charge in [0.15, 0.2) is 0 Å². The molecule has 2 aromatic rings. The summed E-state index contributed by atoms with van der Waals surface area (Å²) < 4.78 is 5.00. The number of methoxy groups -OCH3 is 1. The van der Waals surface area contributed by atoms with Gasteiger partial charge in [0.1, 0.15) is 0 Å². The van der Waals surface area contributed by atoms with Crippen molar-refractivity contribution in [2.24, 2.45) is 0 Å². The Kier molecular flexibility index (Phi) is 6.87. The fourth-order valence-electron chi connectivity index (χ4n) is 1.80. The minimum atomic E-state index is 0.705. The maximum Gasteiger partial charge on any atom is 0.0587 e. The van der Waals surface area contributed by atoms with E-state index >= 15 is 0 Å². The molecule has 0 aromatic heterocycles. The Morgan fingerprint density at radius 3 is 2.71 bits per heavy atom. The van der Waals surface area contributed by atoms with Crippen LogP contribution in [0.1, 0.15) is 5.56 Å². The third kappa shape index (κ3) is 5.53. The normalized spacial score (nSPS) is 10.8. The summed E-state index contributed by atoms with van der Waals surface area (Å²) in [6, 6.07) is 13.9. The summed E-state index contributed by atoms with van der Waals surface area (Å²) in [5.41, 5.74) is 1.16. The Hall–Kier alpha value is -0.710. The van der Waals surface area contributed by atoms with Gasteiger partial charge in [-0.15, -0.1) is 0 Å². The van der Waals surface area contributed by atoms with Crippen LogP contribution >= 0.6 is 35.0 Å². The number of benzene rings is 2. The minimum absolute atomic E-state index is 0.705. The topological polar surface area (TPSA) is 21.3 Å². The highest BCUT2D eigenvalue weighted by Gasteiger charge is 2.05. The molecule has 0 atom stereocenters. The van der Waals surface area contributed by atoms with Gasteiger partial charge in [-0.25, -0.2) is 0 Å². The van der Waals surface area contributed by atoms with Gasteiger partial charge in [0.25, 0.3) is 0 Å². The van der Waals surface area contributed by atoms with Crippen LogP contribution in [0, 0.1) is 0 Å². The van der Waals surface area contributed by atoms with Crippen molar-refractivity contribution in [3.05, 3.63) is 58.1 Å². The first-order valence-electron chi connectivity index (χ1n) is 6.60. The molecule has 0 aliphatic rings. The number of hydrogen-bond acceptors (Lipinski definition) is 3. The first-order valence-corrected chi connectivity index (χ1v) is 8.18. The third-order valence-electron chi connectivity index (χ3n) is 2.83. The molecule has 0 unspecified atom stereocenters. The zero-order valence-electron chi connectivity index (χ0n) is 11.7. The molecular weight excluding hydrogens is 325 g/mol. The molecule has 0 saturated carbocycles. The molecule has 0 saturated heterocycles. The molecule has 2 aromatic carbocycles. The number of halogens is 2. The standard InChI is InChI=1S/C16H17Cl2NOS/c1-20-8-7-19-11-12-5-6-16(15(18)9-12)21-14-4-2-3-13(17)10-14/h2-6,9-10,19H,7-8,11H2,1H3. The summed E-state index contributed by atoms with van der Waals surface area (Å²) in [5.74, 6) is 0. The summed E-state index contributed by atoms with van der Waals surface area (Å²) in [4.78, 5) is 2.11. The average molecular weight is 342 g/mol. The maximum absolute atomic E-state index is 6.35. The molecule has 0 bridgehead atoms. The van der Waals surface area contributed by atoms with Crippen molar-refractivity contribution in [1.82, 2.24) is 5.32 Å². The second-order valence-corrected chi connectivity index (χ2v) is 6.45. The van der Waals surface area contributed by atoms with Gasteiger partial charge in [-0.05, 0) is 35.9 Å². The van der Waals surface area contributed by atoms with E-state index in [2.05, 4.69) is 11.4 Å². The lowest BCUT2D eigenvalue weighted by Crippen LogP contribution is -2.18. The maximum atomic E-state index is 6.35. The van der Waals surface area contributed by atoms with Crippen LogP contribution in [0.25, 0.3) is 0 Å². The molecule has 0 aliphatic heterocycles. The number of ether oxygens (including phenoxy) is 1. The van der Waals surface area contributed by atoms with Crippen molar-refractivity contribution in [2.45, 2.75) is 16.3 Å². The summed E-state index contributed by atoms with van der Waals surface area (Å²) in [5, 5.41) is 4.79. The highest BCUT2D eigenvalue weighted by Crippen LogP contribution is 2.34. The fraction of sp³-hybridized carbons (Fsp3) is 0.250. The van der Waals surface area contributed by atoms with E-state index in [0.29, 0.717) is 6.61 Å². The lowest BCUT2D eigenvalue weighted by molar-refractivity contribution is 0.199. The van der Waals surface area contributed by atoms with E-state index in [0.717, 1.165) is 38.5 Å². The summed E-state index contributed by atoms with van der Waals surface area (Å²) in [7, 11) is 1.69. The van der Waals surface area contributed by atoms with Crippen LogP contribution in [-0.2, 0) is 11.3 Å². The molecular formula is C16H17Cl2NOS. The molecule has 0 radical (unpaired) electrons. The second-order valence-electron chi connectivity index (χ2n) is 4.49. The first kappa shape index (κ1) is 16.7. The summed E-state index contributed by atoms with van der Waals surface area (Å²) >= 11 is 14.0. The van der Waals surface area contributed by atoms with Gasteiger partial charge in [-0.3, -0.25) is 0 Å². The zero-order chi connectivity index (χ0) is 15.1. The highest BCUT2D eigenvalue weighted by atomic mass is 35.5. The van der Waals surface area contributed by atoms with Crippen molar-refractivity contribution >= 4 is 35.0 Å². The fourth-order valence-corrected chi connectivity index (χ4v) is 3.25.